The van der Waals surface area contributed by atoms with Crippen molar-refractivity contribution in [3.05, 3.63) is 54.1 Å². The number of aryl methyl sites for hydroxylation is 1. The summed E-state index contributed by atoms with van der Waals surface area (Å²) in [4.78, 5) is 12.5. The highest BCUT2D eigenvalue weighted by Crippen LogP contribution is 2.21. The van der Waals surface area contributed by atoms with Crippen LogP contribution in [0.3, 0.4) is 0 Å². The van der Waals surface area contributed by atoms with Gasteiger partial charge in [-0.05, 0) is 61.2 Å². The standard InChI is InChI=1S/C22H30N2O5S/c1-5-21(29-19-13-11-18(12-14-19)24(2)30(4,26)27)22(25)23-15-7-9-17-8-6-10-20(16-17)28-3/h6,8,10-14,16,21H,5,7,9,15H2,1-4H3,(H,23,25). The monoisotopic (exact) mass is 434 g/mol. The number of methoxy groups -OCH3 is 1. The van der Waals surface area contributed by atoms with Crippen LogP contribution in [0.25, 0.3) is 0 Å². The lowest BCUT2D eigenvalue weighted by Gasteiger charge is -2.19. The average Bonchev–Trinajstić information content (AvgIpc) is 2.74. The lowest BCUT2D eigenvalue weighted by molar-refractivity contribution is -0.128. The van der Waals surface area contributed by atoms with Crippen molar-refractivity contribution in [2.45, 2.75) is 32.3 Å². The largest absolute Gasteiger partial charge is 0.497 e. The van der Waals surface area contributed by atoms with Crippen molar-refractivity contribution in [2.75, 3.05) is 31.3 Å². The van der Waals surface area contributed by atoms with Gasteiger partial charge in [-0.25, -0.2) is 8.42 Å². The van der Waals surface area contributed by atoms with Crippen LogP contribution in [0.2, 0.25) is 0 Å². The van der Waals surface area contributed by atoms with E-state index >= 15 is 0 Å². The number of sulfonamides is 1. The summed E-state index contributed by atoms with van der Waals surface area (Å²) in [6, 6.07) is 14.5. The molecule has 0 radical (unpaired) electrons. The Morgan fingerprint density at radius 3 is 2.43 bits per heavy atom. The van der Waals surface area contributed by atoms with Gasteiger partial charge in [-0.1, -0.05) is 19.1 Å². The molecule has 8 heteroatoms. The minimum atomic E-state index is -3.33. The minimum Gasteiger partial charge on any atom is -0.497 e. The van der Waals surface area contributed by atoms with Crippen molar-refractivity contribution in [1.29, 1.82) is 0 Å². The molecule has 0 saturated heterocycles. The van der Waals surface area contributed by atoms with Gasteiger partial charge in [-0.3, -0.25) is 9.10 Å². The molecule has 7 nitrogen and oxygen atoms in total. The van der Waals surface area contributed by atoms with Gasteiger partial charge >= 0.3 is 0 Å². The predicted molar refractivity (Wildman–Crippen MR) is 119 cm³/mol. The van der Waals surface area contributed by atoms with Crippen LogP contribution in [0.4, 0.5) is 5.69 Å². The molecule has 2 aromatic carbocycles. The summed E-state index contributed by atoms with van der Waals surface area (Å²) in [6.45, 7) is 2.43. The van der Waals surface area contributed by atoms with Gasteiger partial charge < -0.3 is 14.8 Å². The Morgan fingerprint density at radius 2 is 1.83 bits per heavy atom. The van der Waals surface area contributed by atoms with Crippen LogP contribution in [-0.4, -0.2) is 47.4 Å². The van der Waals surface area contributed by atoms with Crippen molar-refractivity contribution in [2.24, 2.45) is 0 Å². The molecule has 0 aliphatic rings. The Hall–Kier alpha value is -2.74. The fourth-order valence-corrected chi connectivity index (χ4v) is 3.36. The molecule has 0 aliphatic heterocycles. The number of amides is 1. The lowest BCUT2D eigenvalue weighted by Crippen LogP contribution is -2.38. The van der Waals surface area contributed by atoms with Crippen molar-refractivity contribution in [1.82, 2.24) is 5.32 Å². The SMILES string of the molecule is CCC(Oc1ccc(N(C)S(C)(=O)=O)cc1)C(=O)NCCCc1cccc(OC)c1. The molecule has 0 aromatic heterocycles. The number of benzene rings is 2. The van der Waals surface area contributed by atoms with E-state index in [0.717, 1.165) is 30.4 Å². The first-order valence-corrected chi connectivity index (χ1v) is 11.7. The maximum Gasteiger partial charge on any atom is 0.261 e. The number of hydrogen-bond donors (Lipinski definition) is 1. The second kappa shape index (κ2) is 10.9. The lowest BCUT2D eigenvalue weighted by atomic mass is 10.1. The quantitative estimate of drug-likeness (QED) is 0.550. The van der Waals surface area contributed by atoms with E-state index in [4.69, 9.17) is 9.47 Å². The van der Waals surface area contributed by atoms with Gasteiger partial charge in [-0.15, -0.1) is 0 Å². The van der Waals surface area contributed by atoms with Gasteiger partial charge in [0.15, 0.2) is 6.10 Å². The predicted octanol–water partition coefficient (Wildman–Crippen LogP) is 3.00. The zero-order valence-electron chi connectivity index (χ0n) is 17.9. The van der Waals surface area contributed by atoms with Crippen molar-refractivity contribution in [3.8, 4) is 11.5 Å². The fourth-order valence-electron chi connectivity index (χ4n) is 2.86. The van der Waals surface area contributed by atoms with E-state index in [-0.39, 0.29) is 5.91 Å². The fraction of sp³-hybridized carbons (Fsp3) is 0.409. The molecule has 1 unspecified atom stereocenters. The number of hydrogen-bond acceptors (Lipinski definition) is 5. The number of nitrogens with one attached hydrogen (secondary N) is 1. The van der Waals surface area contributed by atoms with Gasteiger partial charge in [0.25, 0.3) is 5.91 Å². The van der Waals surface area contributed by atoms with E-state index in [1.165, 1.54) is 11.4 Å². The Kier molecular flexibility index (Phi) is 8.53. The molecule has 2 rings (SSSR count). The molecule has 0 heterocycles. The first-order valence-electron chi connectivity index (χ1n) is 9.86. The Morgan fingerprint density at radius 1 is 1.13 bits per heavy atom. The third-order valence-electron chi connectivity index (χ3n) is 4.71. The molecule has 1 N–H and O–H groups in total. The summed E-state index contributed by atoms with van der Waals surface area (Å²) in [5.41, 5.74) is 1.69. The molecule has 2 aromatic rings. The third-order valence-corrected chi connectivity index (χ3v) is 5.92. The van der Waals surface area contributed by atoms with E-state index in [1.54, 1.807) is 31.4 Å². The summed E-state index contributed by atoms with van der Waals surface area (Å²) in [5.74, 6) is 1.17. The molecular formula is C22H30N2O5S. The molecule has 0 fully saturated rings. The molecule has 1 atom stereocenters. The Labute approximate surface area is 179 Å². The highest BCUT2D eigenvalue weighted by atomic mass is 32.2. The first kappa shape index (κ1) is 23.5. The summed E-state index contributed by atoms with van der Waals surface area (Å²) in [7, 11) is -0.200. The minimum absolute atomic E-state index is 0.166. The van der Waals surface area contributed by atoms with Gasteiger partial charge in [0.05, 0.1) is 19.1 Å². The molecule has 30 heavy (non-hydrogen) atoms. The summed E-state index contributed by atoms with van der Waals surface area (Å²) in [5, 5.41) is 2.92. The summed E-state index contributed by atoms with van der Waals surface area (Å²) in [6.07, 6.45) is 2.70. The van der Waals surface area contributed by atoms with Gasteiger partial charge in [0.1, 0.15) is 11.5 Å². The van der Waals surface area contributed by atoms with E-state index in [0.29, 0.717) is 24.4 Å². The van der Waals surface area contributed by atoms with Crippen LogP contribution in [0, 0.1) is 0 Å². The average molecular weight is 435 g/mol. The number of anilines is 1. The number of carbonyl (C=O) groups excluding carboxylic acids is 1. The molecule has 1 amide bonds. The highest BCUT2D eigenvalue weighted by molar-refractivity contribution is 7.92. The normalized spacial score (nSPS) is 12.1. The van der Waals surface area contributed by atoms with Crippen LogP contribution >= 0.6 is 0 Å². The molecule has 0 saturated carbocycles. The van der Waals surface area contributed by atoms with E-state index < -0.39 is 16.1 Å². The van der Waals surface area contributed by atoms with Crippen LogP contribution in [0.5, 0.6) is 11.5 Å². The van der Waals surface area contributed by atoms with Crippen LogP contribution in [0.15, 0.2) is 48.5 Å². The van der Waals surface area contributed by atoms with Crippen molar-refractivity contribution in [3.63, 3.8) is 0 Å². The second-order valence-electron chi connectivity index (χ2n) is 6.99. The van der Waals surface area contributed by atoms with E-state index in [1.807, 2.05) is 31.2 Å². The Bertz CT molecular complexity index is 929. The number of carbonyl (C=O) groups is 1. The van der Waals surface area contributed by atoms with Gasteiger partial charge in [0, 0.05) is 13.6 Å². The second-order valence-corrected chi connectivity index (χ2v) is 9.00. The zero-order valence-corrected chi connectivity index (χ0v) is 18.7. The van der Waals surface area contributed by atoms with E-state index in [9.17, 15) is 13.2 Å². The first-order chi connectivity index (χ1) is 14.2. The molecule has 0 spiro atoms. The smallest absolute Gasteiger partial charge is 0.261 e. The molecular weight excluding hydrogens is 404 g/mol. The van der Waals surface area contributed by atoms with E-state index in [2.05, 4.69) is 5.32 Å². The topological polar surface area (TPSA) is 84.9 Å². The number of nitrogens with zero attached hydrogens (tertiary/aromatic N) is 1. The molecule has 0 aliphatic carbocycles. The third kappa shape index (κ3) is 6.95. The molecule has 164 valence electrons. The molecule has 0 bridgehead atoms. The Balaban J connectivity index is 1.84. The van der Waals surface area contributed by atoms with Crippen molar-refractivity contribution >= 4 is 21.6 Å². The van der Waals surface area contributed by atoms with Crippen LogP contribution < -0.4 is 19.1 Å². The number of ether oxygens (including phenoxy) is 2. The van der Waals surface area contributed by atoms with Crippen LogP contribution in [-0.2, 0) is 21.2 Å². The number of rotatable bonds is 11. The van der Waals surface area contributed by atoms with Crippen molar-refractivity contribution < 1.29 is 22.7 Å². The maximum atomic E-state index is 12.5. The maximum absolute atomic E-state index is 12.5. The van der Waals surface area contributed by atoms with Gasteiger partial charge in [-0.2, -0.15) is 0 Å². The highest BCUT2D eigenvalue weighted by Gasteiger charge is 2.18. The zero-order chi connectivity index (χ0) is 22.1. The van der Waals surface area contributed by atoms with Crippen LogP contribution in [0.1, 0.15) is 25.3 Å². The van der Waals surface area contributed by atoms with Gasteiger partial charge in [0.2, 0.25) is 10.0 Å². The summed E-state index contributed by atoms with van der Waals surface area (Å²) < 4.78 is 35.4. The summed E-state index contributed by atoms with van der Waals surface area (Å²) >= 11 is 0.